The lowest BCUT2D eigenvalue weighted by Gasteiger charge is -2.01. The summed E-state index contributed by atoms with van der Waals surface area (Å²) < 4.78 is 4.64. The summed E-state index contributed by atoms with van der Waals surface area (Å²) in [4.78, 5) is 15.7. The highest BCUT2D eigenvalue weighted by molar-refractivity contribution is 6.24. The Balaban J connectivity index is 2.12. The maximum Gasteiger partial charge on any atom is 0.327 e. The van der Waals surface area contributed by atoms with Gasteiger partial charge in [-0.3, -0.25) is 9.79 Å². The molecule has 0 radical (unpaired) electrons. The molecule has 0 aromatic heterocycles. The predicted octanol–water partition coefficient (Wildman–Crippen LogP) is 2.68. The summed E-state index contributed by atoms with van der Waals surface area (Å²) in [5, 5.41) is 0. The first-order valence-electron chi connectivity index (χ1n) is 6.11. The molecule has 3 heteroatoms. The summed E-state index contributed by atoms with van der Waals surface area (Å²) >= 11 is 0. The summed E-state index contributed by atoms with van der Waals surface area (Å²) in [5.74, 6) is -0.325. The van der Waals surface area contributed by atoms with Crippen molar-refractivity contribution in [1.29, 1.82) is 0 Å². The molecule has 0 fully saturated rings. The molecule has 0 heterocycles. The van der Waals surface area contributed by atoms with Crippen molar-refractivity contribution in [3.8, 4) is 11.1 Å². The quantitative estimate of drug-likeness (QED) is 0.657. The largest absolute Gasteiger partial charge is 0.468 e. The van der Waals surface area contributed by atoms with Gasteiger partial charge in [-0.05, 0) is 11.1 Å². The van der Waals surface area contributed by atoms with Gasteiger partial charge >= 0.3 is 5.97 Å². The van der Waals surface area contributed by atoms with Crippen LogP contribution in [-0.2, 0) is 9.53 Å². The standard InChI is InChI=1S/C16H13NO2/c1-19-15(18)10-17-16-13-8-4-2-6-11(13)12-7-3-5-9-14(12)16/h2-9H,10H2,1H3. The van der Waals surface area contributed by atoms with Gasteiger partial charge in [-0.25, -0.2) is 0 Å². The molecule has 0 saturated heterocycles. The van der Waals surface area contributed by atoms with Gasteiger partial charge in [-0.15, -0.1) is 0 Å². The highest BCUT2D eigenvalue weighted by Crippen LogP contribution is 2.36. The van der Waals surface area contributed by atoms with E-state index in [1.165, 1.54) is 18.2 Å². The second kappa shape index (κ2) is 4.69. The second-order valence-electron chi connectivity index (χ2n) is 4.33. The van der Waals surface area contributed by atoms with Gasteiger partial charge < -0.3 is 4.74 Å². The van der Waals surface area contributed by atoms with Crippen molar-refractivity contribution in [2.24, 2.45) is 4.99 Å². The SMILES string of the molecule is COC(=O)CN=C1c2ccccc2-c2ccccc21. The fourth-order valence-electron chi connectivity index (χ4n) is 2.37. The van der Waals surface area contributed by atoms with Gasteiger partial charge in [0.2, 0.25) is 0 Å². The van der Waals surface area contributed by atoms with Gasteiger partial charge in [-0.1, -0.05) is 48.5 Å². The molecule has 1 aliphatic carbocycles. The lowest BCUT2D eigenvalue weighted by Crippen LogP contribution is -2.08. The van der Waals surface area contributed by atoms with Crippen LogP contribution in [0, 0.1) is 0 Å². The predicted molar refractivity (Wildman–Crippen MR) is 74.4 cm³/mol. The van der Waals surface area contributed by atoms with E-state index < -0.39 is 0 Å². The molecule has 2 aromatic carbocycles. The third kappa shape index (κ3) is 1.93. The molecule has 1 aliphatic rings. The maximum absolute atomic E-state index is 11.3. The molecule has 0 spiro atoms. The summed E-state index contributed by atoms with van der Waals surface area (Å²) in [6, 6.07) is 16.2. The summed E-state index contributed by atoms with van der Waals surface area (Å²) in [6.07, 6.45) is 0. The number of ether oxygens (including phenoxy) is 1. The molecule has 2 aromatic rings. The molecule has 94 valence electrons. The van der Waals surface area contributed by atoms with E-state index in [4.69, 9.17) is 0 Å². The Kier molecular flexibility index (Phi) is 2.88. The van der Waals surface area contributed by atoms with Crippen molar-refractivity contribution in [1.82, 2.24) is 0 Å². The number of esters is 1. The Bertz CT molecular complexity index is 626. The van der Waals surface area contributed by atoms with E-state index >= 15 is 0 Å². The van der Waals surface area contributed by atoms with E-state index in [1.807, 2.05) is 36.4 Å². The van der Waals surface area contributed by atoms with Crippen molar-refractivity contribution in [3.05, 3.63) is 59.7 Å². The maximum atomic E-state index is 11.3. The van der Waals surface area contributed by atoms with E-state index in [1.54, 1.807) is 0 Å². The third-order valence-corrected chi connectivity index (χ3v) is 3.25. The van der Waals surface area contributed by atoms with E-state index in [-0.39, 0.29) is 12.5 Å². The molecule has 0 atom stereocenters. The van der Waals surface area contributed by atoms with Crippen LogP contribution in [-0.4, -0.2) is 25.3 Å². The highest BCUT2D eigenvalue weighted by Gasteiger charge is 2.23. The fraction of sp³-hybridized carbons (Fsp3) is 0.125. The smallest absolute Gasteiger partial charge is 0.327 e. The Morgan fingerprint density at radius 3 is 1.89 bits per heavy atom. The first-order valence-corrected chi connectivity index (χ1v) is 6.11. The third-order valence-electron chi connectivity index (χ3n) is 3.25. The minimum absolute atomic E-state index is 0.0501. The number of aliphatic imine (C=N–C) groups is 1. The number of benzene rings is 2. The van der Waals surface area contributed by atoms with Crippen LogP contribution in [0.4, 0.5) is 0 Å². The average Bonchev–Trinajstić information content (AvgIpc) is 2.79. The van der Waals surface area contributed by atoms with Crippen LogP contribution in [0.15, 0.2) is 53.5 Å². The van der Waals surface area contributed by atoms with E-state index in [9.17, 15) is 4.79 Å². The average molecular weight is 251 g/mol. The van der Waals surface area contributed by atoms with Gasteiger partial charge in [-0.2, -0.15) is 0 Å². The van der Waals surface area contributed by atoms with Gasteiger partial charge in [0, 0.05) is 11.1 Å². The van der Waals surface area contributed by atoms with Crippen LogP contribution in [0.1, 0.15) is 11.1 Å². The molecule has 0 N–H and O–H groups in total. The van der Waals surface area contributed by atoms with Crippen LogP contribution in [0.2, 0.25) is 0 Å². The van der Waals surface area contributed by atoms with Crippen molar-refractivity contribution in [3.63, 3.8) is 0 Å². The second-order valence-corrected chi connectivity index (χ2v) is 4.33. The normalized spacial score (nSPS) is 11.7. The van der Waals surface area contributed by atoms with E-state index in [2.05, 4.69) is 21.9 Å². The number of hydrogen-bond acceptors (Lipinski definition) is 3. The highest BCUT2D eigenvalue weighted by atomic mass is 16.5. The van der Waals surface area contributed by atoms with Crippen molar-refractivity contribution in [2.75, 3.05) is 13.7 Å². The van der Waals surface area contributed by atoms with Crippen LogP contribution >= 0.6 is 0 Å². The van der Waals surface area contributed by atoms with Crippen molar-refractivity contribution < 1.29 is 9.53 Å². The van der Waals surface area contributed by atoms with E-state index in [0.717, 1.165) is 16.8 Å². The zero-order chi connectivity index (χ0) is 13.2. The zero-order valence-corrected chi connectivity index (χ0v) is 10.6. The lowest BCUT2D eigenvalue weighted by atomic mass is 10.1. The van der Waals surface area contributed by atoms with Crippen molar-refractivity contribution >= 4 is 11.7 Å². The lowest BCUT2D eigenvalue weighted by molar-refractivity contribution is -0.138. The number of methoxy groups -OCH3 is 1. The molecule has 0 aliphatic heterocycles. The fourth-order valence-corrected chi connectivity index (χ4v) is 2.37. The summed E-state index contributed by atoms with van der Waals surface area (Å²) in [6.45, 7) is 0.0501. The van der Waals surface area contributed by atoms with Gasteiger partial charge in [0.15, 0.2) is 0 Å². The molecule has 0 amide bonds. The van der Waals surface area contributed by atoms with Gasteiger partial charge in [0.05, 0.1) is 12.8 Å². The van der Waals surface area contributed by atoms with E-state index in [0.29, 0.717) is 0 Å². The molecule has 0 unspecified atom stereocenters. The van der Waals surface area contributed by atoms with Crippen LogP contribution < -0.4 is 0 Å². The Hall–Kier alpha value is -2.42. The molecular formula is C16H13NO2. The van der Waals surface area contributed by atoms with Crippen LogP contribution in [0.5, 0.6) is 0 Å². The molecule has 3 nitrogen and oxygen atoms in total. The number of carbonyl (C=O) groups excluding carboxylic acids is 1. The number of nitrogens with zero attached hydrogens (tertiary/aromatic N) is 1. The van der Waals surface area contributed by atoms with Gasteiger partial charge in [0.25, 0.3) is 0 Å². The monoisotopic (exact) mass is 251 g/mol. The number of rotatable bonds is 2. The summed E-state index contributed by atoms with van der Waals surface area (Å²) in [5.41, 5.74) is 5.36. The Labute approximate surface area is 111 Å². The number of hydrogen-bond donors (Lipinski definition) is 0. The number of carbonyl (C=O) groups is 1. The minimum Gasteiger partial charge on any atom is -0.468 e. The number of fused-ring (bicyclic) bond motifs is 3. The van der Waals surface area contributed by atoms with Gasteiger partial charge in [0.1, 0.15) is 6.54 Å². The molecule has 0 bridgehead atoms. The molecule has 0 saturated carbocycles. The Morgan fingerprint density at radius 2 is 1.42 bits per heavy atom. The van der Waals surface area contributed by atoms with Crippen LogP contribution in [0.25, 0.3) is 11.1 Å². The Morgan fingerprint density at radius 1 is 0.947 bits per heavy atom. The minimum atomic E-state index is -0.325. The molecule has 3 rings (SSSR count). The first-order chi connectivity index (χ1) is 9.31. The topological polar surface area (TPSA) is 38.7 Å². The van der Waals surface area contributed by atoms with Crippen molar-refractivity contribution in [2.45, 2.75) is 0 Å². The summed E-state index contributed by atoms with van der Waals surface area (Å²) in [7, 11) is 1.37. The molecule has 19 heavy (non-hydrogen) atoms. The molecular weight excluding hydrogens is 238 g/mol. The van der Waals surface area contributed by atoms with Crippen LogP contribution in [0.3, 0.4) is 0 Å². The zero-order valence-electron chi connectivity index (χ0n) is 10.6. The first kappa shape index (κ1) is 11.7.